The van der Waals surface area contributed by atoms with Gasteiger partial charge in [0.05, 0.1) is 5.56 Å². The van der Waals surface area contributed by atoms with Crippen LogP contribution < -0.4 is 5.73 Å². The van der Waals surface area contributed by atoms with Gasteiger partial charge in [0.2, 0.25) is 5.82 Å². The fourth-order valence-electron chi connectivity index (χ4n) is 1.82. The maximum atomic E-state index is 13.3. The van der Waals surface area contributed by atoms with Crippen LogP contribution in [0.15, 0.2) is 49.9 Å². The van der Waals surface area contributed by atoms with Crippen LogP contribution >= 0.6 is 31.9 Å². The third kappa shape index (κ3) is 2.84. The summed E-state index contributed by atoms with van der Waals surface area (Å²) >= 11 is 6.75. The van der Waals surface area contributed by atoms with E-state index in [0.29, 0.717) is 33.0 Å². The van der Waals surface area contributed by atoms with Gasteiger partial charge in [-0.05, 0) is 52.3 Å². The molecule has 106 valence electrons. The molecule has 0 unspecified atom stereocenters. The van der Waals surface area contributed by atoms with Gasteiger partial charge in [-0.3, -0.25) is 0 Å². The normalized spacial score (nSPS) is 10.8. The molecule has 0 saturated carbocycles. The van der Waals surface area contributed by atoms with Gasteiger partial charge in [-0.25, -0.2) is 4.39 Å². The lowest BCUT2D eigenvalue weighted by molar-refractivity contribution is 0.432. The Bertz CT molecular complexity index is 754. The molecule has 0 fully saturated rings. The number of anilines is 1. The fourth-order valence-corrected chi connectivity index (χ4v) is 2.66. The number of nitrogens with zero attached hydrogens (tertiary/aromatic N) is 2. The molecule has 0 atom stereocenters. The van der Waals surface area contributed by atoms with Crippen molar-refractivity contribution in [3.8, 4) is 22.8 Å². The van der Waals surface area contributed by atoms with Crippen molar-refractivity contribution >= 4 is 37.5 Å². The third-order valence-corrected chi connectivity index (χ3v) is 4.20. The highest BCUT2D eigenvalue weighted by Gasteiger charge is 2.15. The average molecular weight is 413 g/mol. The monoisotopic (exact) mass is 411 g/mol. The largest absolute Gasteiger partial charge is 0.399 e. The molecule has 1 aromatic heterocycles. The Hall–Kier alpha value is -1.73. The second-order valence-electron chi connectivity index (χ2n) is 4.29. The van der Waals surface area contributed by atoms with Gasteiger partial charge in [0.1, 0.15) is 5.82 Å². The van der Waals surface area contributed by atoms with Gasteiger partial charge in [-0.2, -0.15) is 4.98 Å². The lowest BCUT2D eigenvalue weighted by atomic mass is 10.2. The van der Waals surface area contributed by atoms with E-state index < -0.39 is 0 Å². The second-order valence-corrected chi connectivity index (χ2v) is 6.00. The predicted molar refractivity (Wildman–Crippen MR) is 84.9 cm³/mol. The van der Waals surface area contributed by atoms with E-state index in [1.165, 1.54) is 12.1 Å². The van der Waals surface area contributed by atoms with Gasteiger partial charge in [0, 0.05) is 20.2 Å². The summed E-state index contributed by atoms with van der Waals surface area (Å²) in [6, 6.07) is 9.57. The topological polar surface area (TPSA) is 64.9 Å². The first-order valence-electron chi connectivity index (χ1n) is 5.89. The number of rotatable bonds is 2. The number of aromatic nitrogens is 2. The molecule has 0 spiro atoms. The third-order valence-electron chi connectivity index (χ3n) is 2.82. The lowest BCUT2D eigenvalue weighted by Gasteiger charge is -2.00. The first kappa shape index (κ1) is 14.2. The predicted octanol–water partition coefficient (Wildman–Crippen LogP) is 4.65. The fraction of sp³-hybridized carbons (Fsp3) is 0. The van der Waals surface area contributed by atoms with Crippen molar-refractivity contribution in [3.63, 3.8) is 0 Å². The minimum atomic E-state index is -0.371. The van der Waals surface area contributed by atoms with E-state index >= 15 is 0 Å². The molecule has 3 rings (SSSR count). The molecule has 0 aliphatic rings. The average Bonchev–Trinajstić information content (AvgIpc) is 2.93. The van der Waals surface area contributed by atoms with Crippen LogP contribution in [0.1, 0.15) is 0 Å². The highest BCUT2D eigenvalue weighted by molar-refractivity contribution is 9.11. The summed E-state index contributed by atoms with van der Waals surface area (Å²) < 4.78 is 20.1. The van der Waals surface area contributed by atoms with E-state index in [-0.39, 0.29) is 5.82 Å². The molecule has 0 amide bonds. The van der Waals surface area contributed by atoms with Gasteiger partial charge in [-0.15, -0.1) is 0 Å². The summed E-state index contributed by atoms with van der Waals surface area (Å²) in [4.78, 5) is 4.29. The molecule has 3 aromatic rings. The zero-order valence-electron chi connectivity index (χ0n) is 10.5. The molecule has 4 nitrogen and oxygen atoms in total. The summed E-state index contributed by atoms with van der Waals surface area (Å²) in [7, 11) is 0. The number of nitrogen functional groups attached to an aromatic ring is 1. The number of halogens is 3. The molecule has 0 aliphatic carbocycles. The number of hydrogen-bond donors (Lipinski definition) is 1. The van der Waals surface area contributed by atoms with Crippen LogP contribution in [0, 0.1) is 5.82 Å². The van der Waals surface area contributed by atoms with E-state index in [1.54, 1.807) is 24.3 Å². The van der Waals surface area contributed by atoms with Crippen molar-refractivity contribution in [1.29, 1.82) is 0 Å². The van der Waals surface area contributed by atoms with Crippen LogP contribution in [0.2, 0.25) is 0 Å². The molecule has 0 radical (unpaired) electrons. The number of nitrogens with two attached hydrogens (primary N) is 1. The smallest absolute Gasteiger partial charge is 0.259 e. The Morgan fingerprint density at radius 2 is 1.71 bits per heavy atom. The zero-order chi connectivity index (χ0) is 15.0. The van der Waals surface area contributed by atoms with Crippen molar-refractivity contribution in [3.05, 3.63) is 51.2 Å². The summed E-state index contributed by atoms with van der Waals surface area (Å²) in [6.07, 6.45) is 0. The van der Waals surface area contributed by atoms with Crippen LogP contribution in [0.4, 0.5) is 10.1 Å². The quantitative estimate of drug-likeness (QED) is 0.622. The van der Waals surface area contributed by atoms with Gasteiger partial charge in [0.15, 0.2) is 0 Å². The maximum absolute atomic E-state index is 13.3. The van der Waals surface area contributed by atoms with E-state index in [4.69, 9.17) is 10.3 Å². The molecular weight excluding hydrogens is 405 g/mol. The van der Waals surface area contributed by atoms with Gasteiger partial charge in [-0.1, -0.05) is 21.1 Å². The van der Waals surface area contributed by atoms with Crippen LogP contribution in [0.3, 0.4) is 0 Å². The molecule has 2 N–H and O–H groups in total. The number of benzene rings is 2. The summed E-state index contributed by atoms with van der Waals surface area (Å²) in [6.45, 7) is 0. The van der Waals surface area contributed by atoms with E-state index in [1.807, 2.05) is 0 Å². The summed E-state index contributed by atoms with van der Waals surface area (Å²) in [5.74, 6) is 0.232. The van der Waals surface area contributed by atoms with Gasteiger partial charge >= 0.3 is 0 Å². The molecule has 0 saturated heterocycles. The molecule has 1 heterocycles. The first-order chi connectivity index (χ1) is 10.0. The Morgan fingerprint density at radius 1 is 1.00 bits per heavy atom. The number of hydrogen-bond acceptors (Lipinski definition) is 4. The summed E-state index contributed by atoms with van der Waals surface area (Å²) in [5, 5.41) is 3.89. The van der Waals surface area contributed by atoms with Crippen LogP contribution in [-0.4, -0.2) is 10.1 Å². The van der Waals surface area contributed by atoms with Crippen molar-refractivity contribution in [2.24, 2.45) is 0 Å². The molecule has 2 aromatic carbocycles. The Kier molecular flexibility index (Phi) is 3.77. The van der Waals surface area contributed by atoms with Crippen molar-refractivity contribution in [1.82, 2.24) is 10.1 Å². The Balaban J connectivity index is 2.08. The minimum Gasteiger partial charge on any atom is -0.399 e. The van der Waals surface area contributed by atoms with E-state index in [0.717, 1.165) is 4.47 Å². The van der Waals surface area contributed by atoms with Crippen molar-refractivity contribution in [2.75, 3.05) is 5.73 Å². The van der Waals surface area contributed by atoms with Gasteiger partial charge in [0.25, 0.3) is 5.89 Å². The van der Waals surface area contributed by atoms with Crippen molar-refractivity contribution < 1.29 is 8.91 Å². The molecular formula is C14H8Br2FN3O. The van der Waals surface area contributed by atoms with E-state index in [2.05, 4.69) is 42.0 Å². The first-order valence-corrected chi connectivity index (χ1v) is 7.48. The molecule has 21 heavy (non-hydrogen) atoms. The van der Waals surface area contributed by atoms with E-state index in [9.17, 15) is 4.39 Å². The maximum Gasteiger partial charge on any atom is 0.259 e. The SMILES string of the molecule is Nc1ccc(Br)c(-c2nc(-c3cc(F)ccc3Br)no2)c1. The molecule has 0 aliphatic heterocycles. The highest BCUT2D eigenvalue weighted by atomic mass is 79.9. The van der Waals surface area contributed by atoms with Crippen LogP contribution in [0.5, 0.6) is 0 Å². The molecule has 0 bridgehead atoms. The van der Waals surface area contributed by atoms with Crippen molar-refractivity contribution in [2.45, 2.75) is 0 Å². The second kappa shape index (κ2) is 5.57. The highest BCUT2D eigenvalue weighted by Crippen LogP contribution is 2.32. The minimum absolute atomic E-state index is 0.297. The lowest BCUT2D eigenvalue weighted by Crippen LogP contribution is -1.88. The van der Waals surface area contributed by atoms with Gasteiger partial charge < -0.3 is 10.3 Å². The summed E-state index contributed by atoms with van der Waals surface area (Å²) in [5.41, 5.74) is 7.54. The Morgan fingerprint density at radius 3 is 2.52 bits per heavy atom. The standard InChI is InChI=1S/C14H8Br2FN3O/c15-11-3-1-7(17)5-9(11)13-19-14(21-20-13)10-6-8(18)2-4-12(10)16/h1-6H,18H2. The zero-order valence-corrected chi connectivity index (χ0v) is 13.7. The van der Waals surface area contributed by atoms with Crippen LogP contribution in [0.25, 0.3) is 22.8 Å². The Labute approximate surface area is 136 Å². The van der Waals surface area contributed by atoms with Crippen LogP contribution in [-0.2, 0) is 0 Å². The molecule has 7 heteroatoms.